The lowest BCUT2D eigenvalue weighted by Gasteiger charge is -2.28. The summed E-state index contributed by atoms with van der Waals surface area (Å²) in [6.07, 6.45) is 4.05. The number of hydrogen-bond acceptors (Lipinski definition) is 5. The number of nitrogens with zero attached hydrogens (tertiary/aromatic N) is 4. The molecule has 1 aromatic heterocycles. The summed E-state index contributed by atoms with van der Waals surface area (Å²) in [6, 6.07) is 25.3. The number of thiazole rings is 1. The predicted molar refractivity (Wildman–Crippen MR) is 156 cm³/mol. The zero-order valence-electron chi connectivity index (χ0n) is 21.4. The second-order valence-corrected chi connectivity index (χ2v) is 10.2. The van der Waals surface area contributed by atoms with Crippen molar-refractivity contribution >= 4 is 51.7 Å². The smallest absolute Gasteiger partial charge is 0.283 e. The summed E-state index contributed by atoms with van der Waals surface area (Å²) in [5, 5.41) is 6.00. The first kappa shape index (κ1) is 23.9. The number of rotatable bonds is 3. The van der Waals surface area contributed by atoms with Crippen molar-refractivity contribution in [1.82, 2.24) is 4.57 Å². The van der Waals surface area contributed by atoms with E-state index in [1.54, 1.807) is 4.57 Å². The van der Waals surface area contributed by atoms with Crippen LogP contribution in [0.1, 0.15) is 25.0 Å². The van der Waals surface area contributed by atoms with Gasteiger partial charge < -0.3 is 4.90 Å². The Kier molecular flexibility index (Phi) is 5.93. The van der Waals surface area contributed by atoms with Gasteiger partial charge in [0.25, 0.3) is 11.5 Å². The number of carbonyl (C=O) groups excluding carboxylic acids is 1. The molecule has 2 aliphatic heterocycles. The van der Waals surface area contributed by atoms with Crippen LogP contribution in [0.3, 0.4) is 0 Å². The standard InChI is InChI=1S/C31H26N4O2S/c1-4-33-25-13-9-8-10-22(25)16-19-26(33)28-30(37)34(23-17-14-20(2)15-18-23)31(38-28)27-21(3)32-35(29(27)36)24-11-6-5-7-12-24/h5-19H,4H2,1-3H3. The molecule has 3 heterocycles. The van der Waals surface area contributed by atoms with Gasteiger partial charge in [-0.25, -0.2) is 0 Å². The second-order valence-electron chi connectivity index (χ2n) is 9.25. The highest BCUT2D eigenvalue weighted by molar-refractivity contribution is 7.08. The van der Waals surface area contributed by atoms with Crippen LogP contribution in [0.25, 0.3) is 23.0 Å². The van der Waals surface area contributed by atoms with Gasteiger partial charge in [-0.3, -0.25) is 14.2 Å². The molecule has 6 rings (SSSR count). The number of hydrogen-bond donors (Lipinski definition) is 0. The molecular weight excluding hydrogens is 492 g/mol. The third-order valence-corrected chi connectivity index (χ3v) is 7.98. The zero-order chi connectivity index (χ0) is 26.4. The highest BCUT2D eigenvalue weighted by Crippen LogP contribution is 2.30. The first-order chi connectivity index (χ1) is 18.5. The fourth-order valence-corrected chi connectivity index (χ4v) is 6.20. The average molecular weight is 519 g/mol. The van der Waals surface area contributed by atoms with Crippen LogP contribution in [0.5, 0.6) is 0 Å². The molecule has 0 atom stereocenters. The molecule has 0 radical (unpaired) electrons. The third-order valence-electron chi connectivity index (χ3n) is 6.81. The minimum atomic E-state index is -0.246. The topological polar surface area (TPSA) is 57.9 Å². The van der Waals surface area contributed by atoms with E-state index in [2.05, 4.69) is 29.1 Å². The van der Waals surface area contributed by atoms with Crippen LogP contribution in [-0.2, 0) is 4.79 Å². The summed E-state index contributed by atoms with van der Waals surface area (Å²) in [5.74, 6) is -0.246. The number of aryl methyl sites for hydroxylation is 1. The largest absolute Gasteiger partial charge is 0.340 e. The molecule has 0 fully saturated rings. The number of para-hydroxylation sites is 2. The van der Waals surface area contributed by atoms with E-state index >= 15 is 0 Å². The molecular formula is C31H26N4O2S. The Morgan fingerprint density at radius 2 is 1.53 bits per heavy atom. The number of aromatic nitrogens is 1. The van der Waals surface area contributed by atoms with Crippen molar-refractivity contribution in [1.29, 1.82) is 0 Å². The van der Waals surface area contributed by atoms with Crippen LogP contribution < -0.4 is 24.7 Å². The van der Waals surface area contributed by atoms with Crippen molar-refractivity contribution in [2.75, 3.05) is 16.5 Å². The molecule has 188 valence electrons. The molecule has 4 aromatic rings. The van der Waals surface area contributed by atoms with Gasteiger partial charge in [-0.1, -0.05) is 60.2 Å². The SMILES string of the molecule is CCN1C(=c2sc(=C3C(=O)N(c4ccccc4)N=C3C)n(-c3ccc(C)cc3)c2=O)C=Cc2ccccc21. The number of benzene rings is 3. The van der Waals surface area contributed by atoms with Crippen LogP contribution in [0.15, 0.2) is 94.8 Å². The zero-order valence-corrected chi connectivity index (χ0v) is 22.2. The maximum absolute atomic E-state index is 14.2. The van der Waals surface area contributed by atoms with Crippen LogP contribution in [-0.4, -0.2) is 22.7 Å². The second kappa shape index (κ2) is 9.43. The van der Waals surface area contributed by atoms with Gasteiger partial charge in [-0.2, -0.15) is 10.1 Å². The summed E-state index contributed by atoms with van der Waals surface area (Å²) >= 11 is 1.34. The van der Waals surface area contributed by atoms with Crippen LogP contribution in [0, 0.1) is 6.92 Å². The van der Waals surface area contributed by atoms with Gasteiger partial charge in [0.1, 0.15) is 9.20 Å². The van der Waals surface area contributed by atoms with Gasteiger partial charge in [0.05, 0.1) is 28.4 Å². The quantitative estimate of drug-likeness (QED) is 0.403. The van der Waals surface area contributed by atoms with E-state index in [0.717, 1.165) is 22.5 Å². The summed E-state index contributed by atoms with van der Waals surface area (Å²) < 4.78 is 2.82. The van der Waals surface area contributed by atoms with Gasteiger partial charge in [0.2, 0.25) is 0 Å². The van der Waals surface area contributed by atoms with E-state index in [9.17, 15) is 9.59 Å². The van der Waals surface area contributed by atoms with E-state index in [1.165, 1.54) is 16.3 Å². The van der Waals surface area contributed by atoms with E-state index in [-0.39, 0.29) is 11.5 Å². The highest BCUT2D eigenvalue weighted by Gasteiger charge is 2.32. The number of likely N-dealkylation sites (N-methyl/N-ethyl adjacent to an activating group) is 1. The van der Waals surface area contributed by atoms with Crippen molar-refractivity contribution in [3.8, 4) is 5.69 Å². The van der Waals surface area contributed by atoms with Crippen molar-refractivity contribution in [2.24, 2.45) is 5.10 Å². The maximum Gasteiger partial charge on any atom is 0.283 e. The number of anilines is 2. The summed E-state index contributed by atoms with van der Waals surface area (Å²) in [4.78, 5) is 30.1. The summed E-state index contributed by atoms with van der Waals surface area (Å²) in [6.45, 7) is 6.61. The number of hydrazone groups is 1. The van der Waals surface area contributed by atoms with Crippen LogP contribution in [0.2, 0.25) is 0 Å². The van der Waals surface area contributed by atoms with E-state index in [0.29, 0.717) is 38.4 Å². The fraction of sp³-hybridized carbons (Fsp3) is 0.129. The number of amides is 1. The van der Waals surface area contributed by atoms with Gasteiger partial charge in [-0.05, 0) is 62.7 Å². The van der Waals surface area contributed by atoms with Crippen molar-refractivity contribution in [3.63, 3.8) is 0 Å². The van der Waals surface area contributed by atoms with Gasteiger partial charge >= 0.3 is 0 Å². The van der Waals surface area contributed by atoms with Crippen molar-refractivity contribution < 1.29 is 4.79 Å². The molecule has 6 nitrogen and oxygen atoms in total. The lowest BCUT2D eigenvalue weighted by Crippen LogP contribution is -2.36. The van der Waals surface area contributed by atoms with Gasteiger partial charge in [0.15, 0.2) is 0 Å². The molecule has 0 saturated heterocycles. The van der Waals surface area contributed by atoms with Crippen molar-refractivity contribution in [3.05, 3.63) is 116 Å². The molecule has 3 aromatic carbocycles. The molecule has 1 amide bonds. The summed E-state index contributed by atoms with van der Waals surface area (Å²) in [5.41, 5.74) is 6.35. The molecule has 0 spiro atoms. The van der Waals surface area contributed by atoms with Crippen LogP contribution >= 0.6 is 11.3 Å². The monoisotopic (exact) mass is 518 g/mol. The molecule has 0 bridgehead atoms. The average Bonchev–Trinajstić information content (AvgIpc) is 3.43. The Labute approximate surface area is 224 Å². The Morgan fingerprint density at radius 1 is 0.816 bits per heavy atom. The maximum atomic E-state index is 14.2. The Bertz CT molecular complexity index is 1810. The highest BCUT2D eigenvalue weighted by atomic mass is 32.1. The molecule has 2 aliphatic rings. The normalized spacial score (nSPS) is 17.7. The predicted octanol–water partition coefficient (Wildman–Crippen LogP) is 4.44. The lowest BCUT2D eigenvalue weighted by atomic mass is 10.1. The van der Waals surface area contributed by atoms with E-state index in [1.807, 2.05) is 92.7 Å². The Morgan fingerprint density at radius 3 is 2.26 bits per heavy atom. The van der Waals surface area contributed by atoms with Gasteiger partial charge in [0, 0.05) is 12.2 Å². The molecule has 7 heteroatoms. The van der Waals surface area contributed by atoms with Crippen molar-refractivity contribution in [2.45, 2.75) is 20.8 Å². The van der Waals surface area contributed by atoms with E-state index < -0.39 is 0 Å². The molecule has 0 unspecified atom stereocenters. The molecule has 0 N–H and O–H groups in total. The first-order valence-electron chi connectivity index (χ1n) is 12.5. The number of carbonyl (C=O) groups is 1. The molecule has 0 aliphatic carbocycles. The molecule has 0 saturated carbocycles. The Balaban J connectivity index is 1.67. The van der Waals surface area contributed by atoms with Gasteiger partial charge in [-0.15, -0.1) is 11.3 Å². The Hall–Kier alpha value is -4.49. The number of fused-ring (bicyclic) bond motifs is 1. The van der Waals surface area contributed by atoms with Crippen LogP contribution in [0.4, 0.5) is 11.4 Å². The fourth-order valence-electron chi connectivity index (χ4n) is 4.93. The van der Waals surface area contributed by atoms with E-state index in [4.69, 9.17) is 0 Å². The third kappa shape index (κ3) is 3.83. The summed E-state index contributed by atoms with van der Waals surface area (Å²) in [7, 11) is 0. The minimum Gasteiger partial charge on any atom is -0.340 e. The minimum absolute atomic E-state index is 0.155. The molecule has 38 heavy (non-hydrogen) atoms. The first-order valence-corrected chi connectivity index (χ1v) is 13.4. The lowest BCUT2D eigenvalue weighted by molar-refractivity contribution is -0.112.